The predicted molar refractivity (Wildman–Crippen MR) is 75.7 cm³/mol. The number of Topliss-reactive ketones (excluding diaryl/α,β-unsaturated/α-hetero) is 1. The van der Waals surface area contributed by atoms with Gasteiger partial charge in [0, 0.05) is 18.4 Å². The monoisotopic (exact) mass is 297 g/mol. The summed E-state index contributed by atoms with van der Waals surface area (Å²) in [5, 5.41) is -0.409. The zero-order valence-electron chi connectivity index (χ0n) is 11.7. The van der Waals surface area contributed by atoms with E-state index in [4.69, 9.17) is 4.74 Å². The first kappa shape index (κ1) is 15.0. The minimum Gasteiger partial charge on any atom is -0.480 e. The standard InChI is InChI=1S/C14H19NO4S/c1-19-14-12(7-4-8-15-14)13(16)10-5-3-6-11(9-10)20(2,17)18/h4,7-8,10-11H,3,5-6,9H2,1-2H3. The Bertz CT molecular complexity index is 597. The third-order valence-corrected chi connectivity index (χ3v) is 5.47. The van der Waals surface area contributed by atoms with Gasteiger partial charge in [-0.25, -0.2) is 13.4 Å². The number of sulfone groups is 1. The van der Waals surface area contributed by atoms with Crippen molar-refractivity contribution in [2.75, 3.05) is 13.4 Å². The van der Waals surface area contributed by atoms with Gasteiger partial charge in [0.2, 0.25) is 5.88 Å². The highest BCUT2D eigenvalue weighted by molar-refractivity contribution is 7.91. The molecule has 1 aliphatic carbocycles. The number of aromatic nitrogens is 1. The zero-order chi connectivity index (χ0) is 14.8. The average Bonchev–Trinajstić information content (AvgIpc) is 2.45. The van der Waals surface area contributed by atoms with Gasteiger partial charge in [-0.15, -0.1) is 0 Å². The van der Waals surface area contributed by atoms with Crippen LogP contribution in [0.4, 0.5) is 0 Å². The summed E-state index contributed by atoms with van der Waals surface area (Å²) in [5.74, 6) is -0.0242. The van der Waals surface area contributed by atoms with E-state index in [2.05, 4.69) is 4.98 Å². The van der Waals surface area contributed by atoms with Crippen LogP contribution in [0.2, 0.25) is 0 Å². The Labute approximate surface area is 119 Å². The Morgan fingerprint density at radius 2 is 2.15 bits per heavy atom. The molecule has 0 amide bonds. The Morgan fingerprint density at radius 3 is 2.80 bits per heavy atom. The molecule has 0 saturated heterocycles. The lowest BCUT2D eigenvalue weighted by molar-refractivity contribution is 0.0887. The molecule has 1 saturated carbocycles. The van der Waals surface area contributed by atoms with E-state index in [1.807, 2.05) is 0 Å². The highest BCUT2D eigenvalue weighted by atomic mass is 32.2. The molecule has 1 aromatic rings. The maximum atomic E-state index is 12.5. The summed E-state index contributed by atoms with van der Waals surface area (Å²) in [6.07, 6.45) is 5.34. The lowest BCUT2D eigenvalue weighted by atomic mass is 9.83. The molecule has 0 radical (unpaired) electrons. The summed E-state index contributed by atoms with van der Waals surface area (Å²) in [6.45, 7) is 0. The van der Waals surface area contributed by atoms with Crippen LogP contribution in [0.15, 0.2) is 18.3 Å². The van der Waals surface area contributed by atoms with E-state index in [9.17, 15) is 13.2 Å². The molecule has 1 fully saturated rings. The molecule has 6 heteroatoms. The molecule has 20 heavy (non-hydrogen) atoms. The average molecular weight is 297 g/mol. The first-order valence-electron chi connectivity index (χ1n) is 6.65. The number of methoxy groups -OCH3 is 1. The van der Waals surface area contributed by atoms with Crippen LogP contribution in [0.25, 0.3) is 0 Å². The van der Waals surface area contributed by atoms with Crippen molar-refractivity contribution in [1.82, 2.24) is 4.98 Å². The zero-order valence-corrected chi connectivity index (χ0v) is 12.5. The van der Waals surface area contributed by atoms with Crippen LogP contribution in [-0.2, 0) is 9.84 Å². The lowest BCUT2D eigenvalue weighted by Crippen LogP contribution is -2.31. The quantitative estimate of drug-likeness (QED) is 0.793. The molecule has 5 nitrogen and oxygen atoms in total. The Balaban J connectivity index is 2.21. The highest BCUT2D eigenvalue weighted by Crippen LogP contribution is 2.32. The molecule has 1 aromatic heterocycles. The molecule has 1 aliphatic rings. The topological polar surface area (TPSA) is 73.3 Å². The van der Waals surface area contributed by atoms with E-state index in [0.717, 1.165) is 12.8 Å². The molecule has 0 N–H and O–H groups in total. The second kappa shape index (κ2) is 5.91. The molecular formula is C14H19NO4S. The van der Waals surface area contributed by atoms with Gasteiger partial charge >= 0.3 is 0 Å². The number of hydrogen-bond acceptors (Lipinski definition) is 5. The molecule has 0 bridgehead atoms. The SMILES string of the molecule is COc1ncccc1C(=O)C1CCCC(S(C)(=O)=O)C1. The molecule has 2 atom stereocenters. The number of carbonyl (C=O) groups is 1. The number of carbonyl (C=O) groups excluding carboxylic acids is 1. The van der Waals surface area contributed by atoms with Gasteiger partial charge < -0.3 is 4.74 Å². The summed E-state index contributed by atoms with van der Waals surface area (Å²) < 4.78 is 28.4. The summed E-state index contributed by atoms with van der Waals surface area (Å²) in [7, 11) is -1.62. The molecule has 1 heterocycles. The van der Waals surface area contributed by atoms with Gasteiger partial charge in [-0.3, -0.25) is 4.79 Å². The van der Waals surface area contributed by atoms with E-state index in [-0.39, 0.29) is 11.7 Å². The van der Waals surface area contributed by atoms with E-state index in [1.54, 1.807) is 18.3 Å². The maximum absolute atomic E-state index is 12.5. The number of hydrogen-bond donors (Lipinski definition) is 0. The Hall–Kier alpha value is -1.43. The summed E-state index contributed by atoms with van der Waals surface area (Å²) in [6, 6.07) is 3.37. The fraction of sp³-hybridized carbons (Fsp3) is 0.571. The van der Waals surface area contributed by atoms with Crippen molar-refractivity contribution in [2.24, 2.45) is 5.92 Å². The van der Waals surface area contributed by atoms with E-state index >= 15 is 0 Å². The second-order valence-corrected chi connectivity index (χ2v) is 7.57. The third kappa shape index (κ3) is 3.17. The van der Waals surface area contributed by atoms with E-state index < -0.39 is 15.1 Å². The molecule has 110 valence electrons. The molecule has 0 aromatic carbocycles. The van der Waals surface area contributed by atoms with Crippen molar-refractivity contribution in [3.63, 3.8) is 0 Å². The van der Waals surface area contributed by atoms with Crippen LogP contribution in [0.5, 0.6) is 5.88 Å². The van der Waals surface area contributed by atoms with Crippen LogP contribution in [0, 0.1) is 5.92 Å². The first-order chi connectivity index (χ1) is 9.43. The van der Waals surface area contributed by atoms with Gasteiger partial charge in [-0.1, -0.05) is 6.42 Å². The lowest BCUT2D eigenvalue weighted by Gasteiger charge is -2.27. The summed E-state index contributed by atoms with van der Waals surface area (Å²) in [5.41, 5.74) is 0.439. The first-order valence-corrected chi connectivity index (χ1v) is 8.61. The molecule has 2 rings (SSSR count). The Kier molecular flexibility index (Phi) is 4.42. The number of pyridine rings is 1. The van der Waals surface area contributed by atoms with Crippen LogP contribution in [-0.4, -0.2) is 37.8 Å². The van der Waals surface area contributed by atoms with Crippen LogP contribution >= 0.6 is 0 Å². The van der Waals surface area contributed by atoms with Gasteiger partial charge in [-0.2, -0.15) is 0 Å². The van der Waals surface area contributed by atoms with Crippen molar-refractivity contribution in [1.29, 1.82) is 0 Å². The fourth-order valence-corrected chi connectivity index (χ4v) is 3.91. The van der Waals surface area contributed by atoms with E-state index in [0.29, 0.717) is 24.3 Å². The van der Waals surface area contributed by atoms with Crippen molar-refractivity contribution >= 4 is 15.6 Å². The van der Waals surface area contributed by atoms with Crippen molar-refractivity contribution in [3.05, 3.63) is 23.9 Å². The van der Waals surface area contributed by atoms with Gasteiger partial charge in [0.1, 0.15) is 9.84 Å². The largest absolute Gasteiger partial charge is 0.480 e. The second-order valence-electron chi connectivity index (χ2n) is 5.24. The number of rotatable bonds is 4. The molecular weight excluding hydrogens is 278 g/mol. The Morgan fingerprint density at radius 1 is 1.40 bits per heavy atom. The van der Waals surface area contributed by atoms with Crippen LogP contribution < -0.4 is 4.74 Å². The summed E-state index contributed by atoms with van der Waals surface area (Å²) in [4.78, 5) is 16.6. The summed E-state index contributed by atoms with van der Waals surface area (Å²) >= 11 is 0. The normalized spacial score (nSPS) is 23.3. The minimum atomic E-state index is -3.09. The highest BCUT2D eigenvalue weighted by Gasteiger charge is 2.33. The van der Waals surface area contributed by atoms with Crippen LogP contribution in [0.1, 0.15) is 36.0 Å². The molecule has 0 aliphatic heterocycles. The number of ketones is 1. The fourth-order valence-electron chi connectivity index (χ4n) is 2.73. The maximum Gasteiger partial charge on any atom is 0.224 e. The van der Waals surface area contributed by atoms with Gasteiger partial charge in [0.25, 0.3) is 0 Å². The van der Waals surface area contributed by atoms with Crippen molar-refractivity contribution in [2.45, 2.75) is 30.9 Å². The smallest absolute Gasteiger partial charge is 0.224 e. The van der Waals surface area contributed by atoms with E-state index in [1.165, 1.54) is 13.4 Å². The number of nitrogens with zero attached hydrogens (tertiary/aromatic N) is 1. The number of ether oxygens (including phenoxy) is 1. The predicted octanol–water partition coefficient (Wildman–Crippen LogP) is 1.88. The van der Waals surface area contributed by atoms with Gasteiger partial charge in [-0.05, 0) is 31.4 Å². The van der Waals surface area contributed by atoms with Gasteiger partial charge in [0.15, 0.2) is 5.78 Å². The van der Waals surface area contributed by atoms with Gasteiger partial charge in [0.05, 0.1) is 17.9 Å². The third-order valence-electron chi connectivity index (χ3n) is 3.83. The minimum absolute atomic E-state index is 0.0664. The van der Waals surface area contributed by atoms with Crippen LogP contribution in [0.3, 0.4) is 0 Å². The van der Waals surface area contributed by atoms with Crippen molar-refractivity contribution in [3.8, 4) is 5.88 Å². The van der Waals surface area contributed by atoms with Crippen molar-refractivity contribution < 1.29 is 17.9 Å². The molecule has 0 spiro atoms. The molecule has 2 unspecified atom stereocenters.